The van der Waals surface area contributed by atoms with Crippen LogP contribution in [0, 0.1) is 0 Å². The van der Waals surface area contributed by atoms with E-state index < -0.39 is 6.10 Å². The number of aliphatic hydroxyl groups is 1. The van der Waals surface area contributed by atoms with E-state index in [0.717, 1.165) is 32.2 Å². The molecule has 0 saturated carbocycles. The van der Waals surface area contributed by atoms with Crippen LogP contribution in [-0.2, 0) is 9.53 Å². The number of carbonyl (C=O) groups excluding carboxylic acids is 1. The Kier molecular flexibility index (Phi) is 5.05. The molecule has 1 amide bonds. The summed E-state index contributed by atoms with van der Waals surface area (Å²) in [6.07, 6.45) is 3.76. The first-order chi connectivity index (χ1) is 7.20. The van der Waals surface area contributed by atoms with Gasteiger partial charge in [-0.3, -0.25) is 4.79 Å². The highest BCUT2D eigenvalue weighted by Crippen LogP contribution is 2.17. The highest BCUT2D eigenvalue weighted by Gasteiger charge is 2.27. The Labute approximate surface area is 91.2 Å². The first-order valence-electron chi connectivity index (χ1n) is 5.64. The maximum Gasteiger partial charge on any atom is 0.251 e. The minimum Gasteiger partial charge on any atom is -0.394 e. The molecule has 1 N–H and O–H groups in total. The molecule has 4 nitrogen and oxygen atoms in total. The molecule has 0 aromatic rings. The van der Waals surface area contributed by atoms with Gasteiger partial charge in [0, 0.05) is 13.7 Å². The van der Waals surface area contributed by atoms with Crippen LogP contribution in [0.1, 0.15) is 32.6 Å². The van der Waals surface area contributed by atoms with E-state index in [1.54, 1.807) is 11.8 Å². The number of nitrogens with zero attached hydrogens (tertiary/aromatic N) is 1. The molecule has 1 saturated heterocycles. The number of amides is 1. The minimum absolute atomic E-state index is 0.00144. The van der Waals surface area contributed by atoms with Crippen molar-refractivity contribution >= 4 is 5.91 Å². The highest BCUT2D eigenvalue weighted by atomic mass is 16.5. The van der Waals surface area contributed by atoms with E-state index in [2.05, 4.69) is 0 Å². The number of likely N-dealkylation sites (tertiary alicyclic amines) is 1. The average molecular weight is 215 g/mol. The quantitative estimate of drug-likeness (QED) is 0.757. The van der Waals surface area contributed by atoms with Crippen molar-refractivity contribution in [3.63, 3.8) is 0 Å². The van der Waals surface area contributed by atoms with Gasteiger partial charge in [-0.1, -0.05) is 12.8 Å². The molecule has 1 fully saturated rings. The molecule has 1 rings (SSSR count). The fourth-order valence-electron chi connectivity index (χ4n) is 1.99. The Morgan fingerprint density at radius 2 is 2.27 bits per heavy atom. The van der Waals surface area contributed by atoms with Crippen LogP contribution in [0.25, 0.3) is 0 Å². The van der Waals surface area contributed by atoms with Gasteiger partial charge in [-0.15, -0.1) is 0 Å². The molecule has 0 spiro atoms. The van der Waals surface area contributed by atoms with Crippen LogP contribution in [0.4, 0.5) is 0 Å². The third kappa shape index (κ3) is 3.18. The van der Waals surface area contributed by atoms with Gasteiger partial charge in [0.1, 0.15) is 6.10 Å². The Morgan fingerprint density at radius 1 is 1.53 bits per heavy atom. The molecule has 0 aromatic carbocycles. The standard InChI is InChI=1S/C11H21NO3/c1-9(15-2)11(14)12-7-5-3-4-6-10(12)8-13/h9-10,13H,3-8H2,1-2H3. The second kappa shape index (κ2) is 6.08. The first kappa shape index (κ1) is 12.5. The molecule has 1 aliphatic rings. The van der Waals surface area contributed by atoms with Crippen molar-refractivity contribution in [1.82, 2.24) is 4.90 Å². The zero-order chi connectivity index (χ0) is 11.3. The lowest BCUT2D eigenvalue weighted by atomic mass is 10.1. The average Bonchev–Trinajstić information content (AvgIpc) is 2.51. The Morgan fingerprint density at radius 3 is 2.87 bits per heavy atom. The molecule has 4 heteroatoms. The van der Waals surface area contributed by atoms with Crippen LogP contribution in [-0.4, -0.2) is 48.3 Å². The summed E-state index contributed by atoms with van der Waals surface area (Å²) < 4.78 is 5.03. The zero-order valence-corrected chi connectivity index (χ0v) is 9.61. The number of hydrogen-bond donors (Lipinski definition) is 1. The van der Waals surface area contributed by atoms with Crippen molar-refractivity contribution in [2.24, 2.45) is 0 Å². The molecule has 1 aliphatic heterocycles. The number of hydrogen-bond acceptors (Lipinski definition) is 3. The Bertz CT molecular complexity index is 208. The normalized spacial score (nSPS) is 24.7. The van der Waals surface area contributed by atoms with E-state index in [9.17, 15) is 9.90 Å². The van der Waals surface area contributed by atoms with Crippen molar-refractivity contribution < 1.29 is 14.6 Å². The molecular weight excluding hydrogens is 194 g/mol. The summed E-state index contributed by atoms with van der Waals surface area (Å²) in [7, 11) is 1.54. The van der Waals surface area contributed by atoms with E-state index in [4.69, 9.17) is 4.74 Å². The number of carbonyl (C=O) groups is 1. The number of rotatable bonds is 3. The van der Waals surface area contributed by atoms with Gasteiger partial charge in [-0.25, -0.2) is 0 Å². The third-order valence-electron chi connectivity index (χ3n) is 3.07. The molecule has 1 heterocycles. The third-order valence-corrected chi connectivity index (χ3v) is 3.07. The van der Waals surface area contributed by atoms with Gasteiger partial charge in [0.15, 0.2) is 0 Å². The van der Waals surface area contributed by atoms with Crippen LogP contribution < -0.4 is 0 Å². The second-order valence-corrected chi connectivity index (χ2v) is 4.10. The zero-order valence-electron chi connectivity index (χ0n) is 9.61. The van der Waals surface area contributed by atoms with E-state index in [-0.39, 0.29) is 18.6 Å². The molecule has 2 unspecified atom stereocenters. The summed E-state index contributed by atoms with van der Waals surface area (Å²) in [5.41, 5.74) is 0. The van der Waals surface area contributed by atoms with Crippen LogP contribution in [0.2, 0.25) is 0 Å². The van der Waals surface area contributed by atoms with Crippen molar-refractivity contribution in [2.75, 3.05) is 20.3 Å². The topological polar surface area (TPSA) is 49.8 Å². The predicted octanol–water partition coefficient (Wildman–Crippen LogP) is 0.785. The van der Waals surface area contributed by atoms with Crippen molar-refractivity contribution in [3.05, 3.63) is 0 Å². The van der Waals surface area contributed by atoms with E-state index >= 15 is 0 Å². The second-order valence-electron chi connectivity index (χ2n) is 4.10. The van der Waals surface area contributed by atoms with Crippen LogP contribution in [0.5, 0.6) is 0 Å². The van der Waals surface area contributed by atoms with Gasteiger partial charge in [-0.2, -0.15) is 0 Å². The molecule has 15 heavy (non-hydrogen) atoms. The van der Waals surface area contributed by atoms with Crippen molar-refractivity contribution in [1.29, 1.82) is 0 Å². The Balaban J connectivity index is 2.65. The van der Waals surface area contributed by atoms with E-state index in [1.165, 1.54) is 7.11 Å². The smallest absolute Gasteiger partial charge is 0.251 e. The lowest BCUT2D eigenvalue weighted by Crippen LogP contribution is -2.46. The summed E-state index contributed by atoms with van der Waals surface area (Å²) in [5, 5.41) is 9.26. The molecule has 2 atom stereocenters. The van der Waals surface area contributed by atoms with Gasteiger partial charge < -0.3 is 14.7 Å². The summed E-state index contributed by atoms with van der Waals surface area (Å²) in [4.78, 5) is 13.7. The fraction of sp³-hybridized carbons (Fsp3) is 0.909. The Hall–Kier alpha value is -0.610. The molecule has 0 aliphatic carbocycles. The van der Waals surface area contributed by atoms with Gasteiger partial charge in [0.05, 0.1) is 12.6 Å². The van der Waals surface area contributed by atoms with Gasteiger partial charge >= 0.3 is 0 Å². The monoisotopic (exact) mass is 215 g/mol. The number of methoxy groups -OCH3 is 1. The molecule has 0 bridgehead atoms. The largest absolute Gasteiger partial charge is 0.394 e. The number of ether oxygens (including phenoxy) is 1. The summed E-state index contributed by atoms with van der Waals surface area (Å²) in [6, 6.07) is -0.0161. The fourth-order valence-corrected chi connectivity index (χ4v) is 1.99. The van der Waals surface area contributed by atoms with E-state index in [1.807, 2.05) is 0 Å². The summed E-state index contributed by atoms with van der Waals surface area (Å²) in [5.74, 6) is -0.00144. The van der Waals surface area contributed by atoms with Crippen LogP contribution in [0.15, 0.2) is 0 Å². The van der Waals surface area contributed by atoms with Crippen molar-refractivity contribution in [3.8, 4) is 0 Å². The SMILES string of the molecule is COC(C)C(=O)N1CCCCCC1CO. The molecule has 0 aromatic heterocycles. The predicted molar refractivity (Wildman–Crippen MR) is 57.5 cm³/mol. The van der Waals surface area contributed by atoms with E-state index in [0.29, 0.717) is 0 Å². The van der Waals surface area contributed by atoms with Crippen LogP contribution >= 0.6 is 0 Å². The maximum absolute atomic E-state index is 11.9. The van der Waals surface area contributed by atoms with Gasteiger partial charge in [0.25, 0.3) is 5.91 Å². The first-order valence-corrected chi connectivity index (χ1v) is 5.64. The molecule has 88 valence electrons. The molecule has 0 radical (unpaired) electrons. The maximum atomic E-state index is 11.9. The minimum atomic E-state index is -0.405. The lowest BCUT2D eigenvalue weighted by Gasteiger charge is -2.30. The summed E-state index contributed by atoms with van der Waals surface area (Å²) >= 11 is 0. The summed E-state index contributed by atoms with van der Waals surface area (Å²) in [6.45, 7) is 2.56. The number of aliphatic hydroxyl groups excluding tert-OH is 1. The van der Waals surface area contributed by atoms with Crippen LogP contribution in [0.3, 0.4) is 0 Å². The van der Waals surface area contributed by atoms with Gasteiger partial charge in [0.2, 0.25) is 0 Å². The lowest BCUT2D eigenvalue weighted by molar-refractivity contribution is -0.144. The highest BCUT2D eigenvalue weighted by molar-refractivity contribution is 5.80. The van der Waals surface area contributed by atoms with Gasteiger partial charge in [-0.05, 0) is 19.8 Å². The van der Waals surface area contributed by atoms with Crippen molar-refractivity contribution in [2.45, 2.75) is 44.8 Å². The molecular formula is C11H21NO3.